The molecular weight excluding hydrogens is 492 g/mol. The molecule has 1 amide bonds. The van der Waals surface area contributed by atoms with Gasteiger partial charge in [0.2, 0.25) is 15.9 Å². The van der Waals surface area contributed by atoms with Crippen LogP contribution >= 0.6 is 11.5 Å². The fourth-order valence-corrected chi connectivity index (χ4v) is 8.38. The van der Waals surface area contributed by atoms with Gasteiger partial charge in [-0.15, -0.1) is 0 Å². The lowest BCUT2D eigenvalue weighted by Gasteiger charge is -2.37. The molecule has 1 aromatic heterocycles. The van der Waals surface area contributed by atoms with E-state index in [0.717, 1.165) is 11.1 Å². The molecule has 1 saturated heterocycles. The Hall–Kier alpha value is -1.91. The number of sulfonamides is 1. The van der Waals surface area contributed by atoms with Gasteiger partial charge in [-0.25, -0.2) is 17.2 Å². The second kappa shape index (κ2) is 8.59. The summed E-state index contributed by atoms with van der Waals surface area (Å²) >= 11 is 1.28. The smallest absolute Gasteiger partial charge is 0.254 e. The van der Waals surface area contributed by atoms with Crippen LogP contribution in [0.15, 0.2) is 28.5 Å². The lowest BCUT2D eigenvalue weighted by molar-refractivity contribution is -0.136. The maximum Gasteiger partial charge on any atom is 0.254 e. The van der Waals surface area contributed by atoms with Crippen molar-refractivity contribution in [3.63, 3.8) is 0 Å². The molecule has 0 bridgehead atoms. The molecule has 5 rings (SSSR count). The van der Waals surface area contributed by atoms with E-state index in [-0.39, 0.29) is 29.8 Å². The molecule has 2 heterocycles. The number of carbonyl (C=O) groups excluding carboxylic acids is 1. The predicted octanol–water partition coefficient (Wildman–Crippen LogP) is 5.01. The molecule has 1 aliphatic heterocycles. The summed E-state index contributed by atoms with van der Waals surface area (Å²) in [6.07, 6.45) is 2.89. The van der Waals surface area contributed by atoms with E-state index >= 15 is 0 Å². The average Bonchev–Trinajstić information content (AvgIpc) is 3.24. The maximum atomic E-state index is 13.9. The third kappa shape index (κ3) is 4.11. The van der Waals surface area contributed by atoms with Gasteiger partial charge in [0.1, 0.15) is 6.04 Å². The maximum absolute atomic E-state index is 13.9. The summed E-state index contributed by atoms with van der Waals surface area (Å²) in [6, 6.07) is 4.29. The molecular formula is C25H31F2N3O3S2. The molecule has 0 unspecified atom stereocenters. The van der Waals surface area contributed by atoms with Crippen LogP contribution in [-0.4, -0.2) is 59.5 Å². The molecule has 3 aliphatic rings. The Labute approximate surface area is 209 Å². The summed E-state index contributed by atoms with van der Waals surface area (Å²) in [4.78, 5) is 15.3. The predicted molar refractivity (Wildman–Crippen MR) is 131 cm³/mol. The van der Waals surface area contributed by atoms with Crippen molar-refractivity contribution in [1.82, 2.24) is 13.6 Å². The molecule has 0 N–H and O–H groups in total. The van der Waals surface area contributed by atoms with Crippen molar-refractivity contribution >= 4 is 27.5 Å². The zero-order valence-electron chi connectivity index (χ0n) is 20.3. The van der Waals surface area contributed by atoms with Crippen LogP contribution in [0.2, 0.25) is 0 Å². The van der Waals surface area contributed by atoms with Crippen LogP contribution in [0.1, 0.15) is 56.1 Å². The fraction of sp³-hybridized carbons (Fsp3) is 0.600. The number of carbonyl (C=O) groups is 1. The van der Waals surface area contributed by atoms with Gasteiger partial charge in [-0.2, -0.15) is 8.68 Å². The molecule has 2 saturated carbocycles. The van der Waals surface area contributed by atoms with Crippen molar-refractivity contribution in [2.75, 3.05) is 13.6 Å². The highest BCUT2D eigenvalue weighted by atomic mass is 32.2. The summed E-state index contributed by atoms with van der Waals surface area (Å²) in [5.74, 6) is -2.81. The Morgan fingerprint density at radius 3 is 2.49 bits per heavy atom. The second-order valence-corrected chi connectivity index (χ2v) is 12.9. The number of likely N-dealkylation sites (N-methyl/N-ethyl adjacent to an activating group) is 1. The first kappa shape index (κ1) is 24.8. The Morgan fingerprint density at radius 1 is 1.20 bits per heavy atom. The quantitative estimate of drug-likeness (QED) is 0.553. The first-order valence-corrected chi connectivity index (χ1v) is 14.4. The van der Waals surface area contributed by atoms with Crippen LogP contribution in [0.3, 0.4) is 0 Å². The van der Waals surface area contributed by atoms with Crippen molar-refractivity contribution < 1.29 is 22.0 Å². The summed E-state index contributed by atoms with van der Waals surface area (Å²) in [5, 5.41) is 1.89. The SMILES string of the molecule is Cc1ccc(S(=O)(=O)N2CCC[C@H]2C(=O)N(C)C2CCC3(CC2)CC3(F)F)c(-c2nscc2C)c1. The van der Waals surface area contributed by atoms with E-state index in [2.05, 4.69) is 4.37 Å². The number of aryl methyl sites for hydroxylation is 2. The number of amides is 1. The number of nitrogens with zero attached hydrogens (tertiary/aromatic N) is 3. The molecule has 3 fully saturated rings. The molecule has 1 spiro atoms. The van der Waals surface area contributed by atoms with Gasteiger partial charge < -0.3 is 4.90 Å². The minimum Gasteiger partial charge on any atom is -0.341 e. The number of hydrogen-bond donors (Lipinski definition) is 0. The Kier molecular flexibility index (Phi) is 6.08. The number of aromatic nitrogens is 1. The van der Waals surface area contributed by atoms with E-state index in [1.54, 1.807) is 24.1 Å². The van der Waals surface area contributed by atoms with E-state index < -0.39 is 27.4 Å². The van der Waals surface area contributed by atoms with E-state index in [9.17, 15) is 22.0 Å². The first-order chi connectivity index (χ1) is 16.5. The van der Waals surface area contributed by atoms with E-state index in [4.69, 9.17) is 0 Å². The Balaban J connectivity index is 1.38. The monoisotopic (exact) mass is 523 g/mol. The molecule has 1 aromatic carbocycles. The van der Waals surface area contributed by atoms with Crippen LogP contribution in [-0.2, 0) is 14.8 Å². The van der Waals surface area contributed by atoms with Gasteiger partial charge in [0, 0.05) is 42.4 Å². The summed E-state index contributed by atoms with van der Waals surface area (Å²) in [7, 11) is -2.27. The van der Waals surface area contributed by atoms with E-state index in [1.165, 1.54) is 15.8 Å². The van der Waals surface area contributed by atoms with Crippen LogP contribution in [0, 0.1) is 19.3 Å². The van der Waals surface area contributed by atoms with Crippen LogP contribution in [0.25, 0.3) is 11.3 Å². The highest BCUT2D eigenvalue weighted by Gasteiger charge is 2.70. The third-order valence-electron chi connectivity index (χ3n) is 8.23. The van der Waals surface area contributed by atoms with E-state index in [0.29, 0.717) is 49.8 Å². The number of halogens is 2. The number of rotatable bonds is 5. The molecule has 6 nitrogen and oxygen atoms in total. The number of hydrogen-bond acceptors (Lipinski definition) is 5. The van der Waals surface area contributed by atoms with Crippen LogP contribution in [0.4, 0.5) is 8.78 Å². The molecule has 190 valence electrons. The van der Waals surface area contributed by atoms with Crippen molar-refractivity contribution in [1.29, 1.82) is 0 Å². The van der Waals surface area contributed by atoms with Crippen molar-refractivity contribution in [2.24, 2.45) is 5.41 Å². The zero-order chi connectivity index (χ0) is 25.2. The summed E-state index contributed by atoms with van der Waals surface area (Å²) < 4.78 is 61.1. The normalized spacial score (nSPS) is 28.4. The molecule has 35 heavy (non-hydrogen) atoms. The van der Waals surface area contributed by atoms with Gasteiger partial charge in [0.15, 0.2) is 0 Å². The van der Waals surface area contributed by atoms with E-state index in [1.807, 2.05) is 25.3 Å². The largest absolute Gasteiger partial charge is 0.341 e. The van der Waals surface area contributed by atoms with Crippen LogP contribution < -0.4 is 0 Å². The standard InChI is InChI=1S/C25H31F2N3O3S2/c1-16-6-7-21(19(13-16)22-17(2)14-34-28-22)35(32,33)30-12-4-5-20(30)23(31)29(3)18-8-10-24(11-9-18)15-25(24,26)27/h6-7,13-14,18,20H,4-5,8-12,15H2,1-3H3/t18?,20-,24?/m0/s1. The van der Waals surface area contributed by atoms with Crippen LogP contribution in [0.5, 0.6) is 0 Å². The minimum atomic E-state index is -3.96. The molecule has 1 atom stereocenters. The Bertz CT molecular complexity index is 1250. The summed E-state index contributed by atoms with van der Waals surface area (Å²) in [6.45, 7) is 4.08. The van der Waals surface area contributed by atoms with Crippen molar-refractivity contribution in [2.45, 2.75) is 81.7 Å². The Morgan fingerprint density at radius 2 is 1.89 bits per heavy atom. The highest BCUT2D eigenvalue weighted by molar-refractivity contribution is 7.89. The molecule has 0 radical (unpaired) electrons. The van der Waals surface area contributed by atoms with Crippen molar-refractivity contribution in [3.05, 3.63) is 34.7 Å². The topological polar surface area (TPSA) is 70.6 Å². The highest BCUT2D eigenvalue weighted by Crippen LogP contribution is 2.67. The zero-order valence-corrected chi connectivity index (χ0v) is 21.9. The number of alkyl halides is 2. The lowest BCUT2D eigenvalue weighted by atomic mass is 9.82. The van der Waals surface area contributed by atoms with Gasteiger partial charge in [-0.05, 0) is 81.6 Å². The van der Waals surface area contributed by atoms with Gasteiger partial charge >= 0.3 is 0 Å². The number of benzene rings is 1. The van der Waals surface area contributed by atoms with Gasteiger partial charge in [0.05, 0.1) is 10.6 Å². The molecule has 2 aliphatic carbocycles. The summed E-state index contributed by atoms with van der Waals surface area (Å²) in [5.41, 5.74) is 2.16. The third-order valence-corrected chi connectivity index (χ3v) is 10.9. The first-order valence-electron chi connectivity index (χ1n) is 12.2. The second-order valence-electron chi connectivity index (χ2n) is 10.5. The van der Waals surface area contributed by atoms with Gasteiger partial charge in [-0.3, -0.25) is 4.79 Å². The lowest BCUT2D eigenvalue weighted by Crippen LogP contribution is -2.50. The molecule has 10 heteroatoms. The fourth-order valence-electron chi connectivity index (χ4n) is 5.88. The van der Waals surface area contributed by atoms with Crippen molar-refractivity contribution in [3.8, 4) is 11.3 Å². The van der Waals surface area contributed by atoms with Gasteiger partial charge in [0.25, 0.3) is 5.92 Å². The minimum absolute atomic E-state index is 0.0453. The molecule has 2 aromatic rings. The average molecular weight is 524 g/mol. The van der Waals surface area contributed by atoms with Gasteiger partial charge in [-0.1, -0.05) is 11.6 Å².